The first-order valence-corrected chi connectivity index (χ1v) is 9.68. The minimum Gasteiger partial charge on any atom is -0.494 e. The topological polar surface area (TPSA) is 80.9 Å². The summed E-state index contributed by atoms with van der Waals surface area (Å²) in [6.45, 7) is -1.12. The highest BCUT2D eigenvalue weighted by Gasteiger charge is 2.24. The Balaban J connectivity index is 2.02. The second kappa shape index (κ2) is 8.33. The Bertz CT molecular complexity index is 1330. The van der Waals surface area contributed by atoms with Crippen LogP contribution in [0.3, 0.4) is 0 Å². The summed E-state index contributed by atoms with van der Waals surface area (Å²) in [5.41, 5.74) is 0.139. The van der Waals surface area contributed by atoms with Gasteiger partial charge in [0.2, 0.25) is 5.88 Å². The molecule has 0 unspecified atom stereocenters. The lowest BCUT2D eigenvalue weighted by molar-refractivity contribution is -0.136. The molecule has 0 amide bonds. The number of fused-ring (bicyclic) bond motifs is 2. The number of rotatable bonds is 7. The smallest absolute Gasteiger partial charge is 0.387 e. The molecule has 1 aromatic heterocycles. The van der Waals surface area contributed by atoms with E-state index in [9.17, 15) is 23.1 Å². The van der Waals surface area contributed by atoms with Crippen molar-refractivity contribution in [1.82, 2.24) is 4.57 Å². The molecule has 4 aromatic rings. The van der Waals surface area contributed by atoms with Crippen LogP contribution in [0.2, 0.25) is 0 Å². The summed E-state index contributed by atoms with van der Waals surface area (Å²) >= 11 is 0. The fraction of sp³-hybridized carbons (Fsp3) is 0.174. The predicted octanol–water partition coefficient (Wildman–Crippen LogP) is 5.26. The molecule has 2 N–H and O–H groups in total. The van der Waals surface area contributed by atoms with Crippen molar-refractivity contribution in [3.8, 4) is 23.1 Å². The van der Waals surface area contributed by atoms with Crippen LogP contribution < -0.4 is 9.47 Å². The number of aromatic nitrogens is 1. The van der Waals surface area contributed by atoms with Gasteiger partial charge in [0, 0.05) is 17.0 Å². The van der Waals surface area contributed by atoms with Crippen molar-refractivity contribution < 1.29 is 37.7 Å². The van der Waals surface area contributed by atoms with Gasteiger partial charge in [0.25, 0.3) is 0 Å². The van der Waals surface area contributed by atoms with Gasteiger partial charge in [0.15, 0.2) is 0 Å². The first-order valence-electron chi connectivity index (χ1n) is 9.68. The van der Waals surface area contributed by atoms with Crippen LogP contribution in [0.1, 0.15) is 12.5 Å². The molecule has 0 bridgehead atoms. The maximum atomic E-state index is 14.5. The van der Waals surface area contributed by atoms with E-state index < -0.39 is 24.8 Å². The molecular formula is C23H18F3NO5. The molecule has 4 rings (SSSR count). The number of carboxylic acids is 1. The van der Waals surface area contributed by atoms with E-state index in [0.717, 1.165) is 6.07 Å². The highest BCUT2D eigenvalue weighted by Crippen LogP contribution is 2.48. The van der Waals surface area contributed by atoms with E-state index in [4.69, 9.17) is 14.6 Å². The summed E-state index contributed by atoms with van der Waals surface area (Å²) in [7, 11) is 0. The maximum Gasteiger partial charge on any atom is 0.387 e. The number of aliphatic carboxylic acids is 1. The quantitative estimate of drug-likeness (QED) is 0.406. The third kappa shape index (κ3) is 3.66. The average molecular weight is 445 g/mol. The number of halogens is 3. The van der Waals surface area contributed by atoms with Crippen molar-refractivity contribution in [2.24, 2.45) is 0 Å². The lowest BCUT2D eigenvalue weighted by Crippen LogP contribution is -2.03. The van der Waals surface area contributed by atoms with E-state index in [0.29, 0.717) is 10.8 Å². The minimum absolute atomic E-state index is 0.0279. The molecule has 0 atom stereocenters. The van der Waals surface area contributed by atoms with Crippen molar-refractivity contribution in [3.05, 3.63) is 60.0 Å². The zero-order valence-electron chi connectivity index (χ0n) is 16.8. The third-order valence-electron chi connectivity index (χ3n) is 5.02. The largest absolute Gasteiger partial charge is 0.494 e. The van der Waals surface area contributed by atoms with Crippen LogP contribution in [0, 0.1) is 5.82 Å². The number of alkyl halides is 2. The van der Waals surface area contributed by atoms with Gasteiger partial charge in [0.1, 0.15) is 17.3 Å². The van der Waals surface area contributed by atoms with Crippen molar-refractivity contribution in [3.63, 3.8) is 0 Å². The Hall–Kier alpha value is -3.88. The van der Waals surface area contributed by atoms with Gasteiger partial charge in [-0.25, -0.2) is 4.39 Å². The predicted molar refractivity (Wildman–Crippen MR) is 112 cm³/mol. The van der Waals surface area contributed by atoms with Crippen molar-refractivity contribution in [1.29, 1.82) is 0 Å². The molecule has 0 aliphatic rings. The fourth-order valence-corrected chi connectivity index (χ4v) is 3.75. The number of hydrogen-bond acceptors (Lipinski definition) is 4. The highest BCUT2D eigenvalue weighted by molar-refractivity contribution is 6.13. The molecule has 32 heavy (non-hydrogen) atoms. The fourth-order valence-electron chi connectivity index (χ4n) is 3.75. The molecule has 9 heteroatoms. The van der Waals surface area contributed by atoms with Gasteiger partial charge in [0.05, 0.1) is 29.5 Å². The molecular weight excluding hydrogens is 427 g/mol. The van der Waals surface area contributed by atoms with Crippen LogP contribution in [0.25, 0.3) is 27.2 Å². The van der Waals surface area contributed by atoms with Crippen LogP contribution in [-0.2, 0) is 11.2 Å². The number of benzene rings is 3. The first-order chi connectivity index (χ1) is 15.3. The van der Waals surface area contributed by atoms with E-state index in [1.807, 2.05) is 0 Å². The van der Waals surface area contributed by atoms with E-state index >= 15 is 0 Å². The normalized spacial score (nSPS) is 11.4. The summed E-state index contributed by atoms with van der Waals surface area (Å²) in [5, 5.41) is 21.0. The molecule has 0 aliphatic carbocycles. The Morgan fingerprint density at radius 2 is 1.78 bits per heavy atom. The molecule has 0 aliphatic heterocycles. The van der Waals surface area contributed by atoms with Crippen LogP contribution >= 0.6 is 0 Å². The number of carbonyl (C=O) groups is 1. The second-order valence-electron chi connectivity index (χ2n) is 6.97. The van der Waals surface area contributed by atoms with Crippen LogP contribution in [0.5, 0.6) is 17.4 Å². The van der Waals surface area contributed by atoms with Gasteiger partial charge in [-0.15, -0.1) is 0 Å². The maximum absolute atomic E-state index is 14.5. The summed E-state index contributed by atoms with van der Waals surface area (Å²) in [4.78, 5) is 10.9. The Morgan fingerprint density at radius 1 is 1.09 bits per heavy atom. The van der Waals surface area contributed by atoms with E-state index in [1.54, 1.807) is 31.2 Å². The lowest BCUT2D eigenvalue weighted by Gasteiger charge is -2.14. The van der Waals surface area contributed by atoms with E-state index in [1.165, 1.54) is 22.9 Å². The van der Waals surface area contributed by atoms with Crippen molar-refractivity contribution >= 4 is 27.5 Å². The molecule has 166 valence electrons. The van der Waals surface area contributed by atoms with E-state index in [2.05, 4.69) is 0 Å². The molecule has 0 spiro atoms. The first kappa shape index (κ1) is 21.4. The van der Waals surface area contributed by atoms with Crippen molar-refractivity contribution in [2.45, 2.75) is 20.0 Å². The van der Waals surface area contributed by atoms with Crippen LogP contribution in [0.15, 0.2) is 48.7 Å². The van der Waals surface area contributed by atoms with Gasteiger partial charge in [-0.2, -0.15) is 8.78 Å². The second-order valence-corrected chi connectivity index (χ2v) is 6.97. The van der Waals surface area contributed by atoms with Gasteiger partial charge in [-0.1, -0.05) is 30.3 Å². The Kier molecular flexibility index (Phi) is 5.56. The molecule has 6 nitrogen and oxygen atoms in total. The average Bonchev–Trinajstić information content (AvgIpc) is 3.08. The van der Waals surface area contributed by atoms with Gasteiger partial charge in [-0.3, -0.25) is 9.36 Å². The number of carboxylic acid groups (broad SMARTS) is 1. The van der Waals surface area contributed by atoms with Crippen LogP contribution in [0.4, 0.5) is 13.2 Å². The highest BCUT2D eigenvalue weighted by atomic mass is 19.3. The zero-order chi connectivity index (χ0) is 23.0. The monoisotopic (exact) mass is 445 g/mol. The number of aromatic hydroxyl groups is 1. The summed E-state index contributed by atoms with van der Waals surface area (Å²) < 4.78 is 52.7. The number of hydrogen-bond donors (Lipinski definition) is 2. The lowest BCUT2D eigenvalue weighted by atomic mass is 10.0. The molecule has 1 heterocycles. The van der Waals surface area contributed by atoms with Crippen molar-refractivity contribution in [2.75, 3.05) is 6.61 Å². The van der Waals surface area contributed by atoms with Gasteiger partial charge in [-0.05, 0) is 24.6 Å². The molecule has 0 radical (unpaired) electrons. The molecule has 0 fully saturated rings. The third-order valence-corrected chi connectivity index (χ3v) is 5.02. The molecule has 0 saturated carbocycles. The zero-order valence-corrected chi connectivity index (χ0v) is 16.8. The molecule has 0 saturated heterocycles. The van der Waals surface area contributed by atoms with Crippen LogP contribution in [-0.4, -0.2) is 34.0 Å². The Morgan fingerprint density at radius 3 is 2.38 bits per heavy atom. The summed E-state index contributed by atoms with van der Waals surface area (Å²) in [6.07, 6.45) is 0.848. The number of nitrogens with zero attached hydrogens (tertiary/aromatic N) is 1. The van der Waals surface area contributed by atoms with E-state index in [-0.39, 0.29) is 46.0 Å². The number of ether oxygens (including phenoxy) is 2. The standard InChI is InChI=1S/C23H18F3NO5/c1-2-31-21-15-6-4-3-5-14(15)20(32-23(25)26)16-11-27(22(30)19(16)21)13-8-7-12(9-18(28)29)17(24)10-13/h3-8,10-11,23,30H,2,9H2,1H3,(H,28,29). The molecule has 3 aromatic carbocycles. The SMILES string of the molecule is CCOc1c2ccccc2c(OC(F)F)c2cn(-c3ccc(CC(=O)O)c(F)c3)c(O)c12. The summed E-state index contributed by atoms with van der Waals surface area (Å²) in [5.74, 6) is -2.20. The van der Waals surface area contributed by atoms with Gasteiger partial charge < -0.3 is 19.7 Å². The van der Waals surface area contributed by atoms with Gasteiger partial charge >= 0.3 is 12.6 Å². The summed E-state index contributed by atoms with van der Waals surface area (Å²) in [6, 6.07) is 10.4. The minimum atomic E-state index is -3.11. The Labute approximate surface area is 180 Å².